The monoisotopic (exact) mass is 339 g/mol. The number of phenolic OH excluding ortho intramolecular Hbond substituents is 1. The molecule has 0 atom stereocenters. The molecule has 0 unspecified atom stereocenters. The summed E-state index contributed by atoms with van der Waals surface area (Å²) in [6, 6.07) is 9.08. The number of hydrogen-bond donors (Lipinski definition) is 1. The SMILES string of the molecule is CS(=O)(=O)Oc1ccc(-n2nc3ccc(Cl)cc3n2)c(O)c1. The van der Waals surface area contributed by atoms with Gasteiger partial charge >= 0.3 is 10.1 Å². The van der Waals surface area contributed by atoms with Crippen LogP contribution < -0.4 is 4.18 Å². The quantitative estimate of drug-likeness (QED) is 0.734. The molecule has 0 amide bonds. The van der Waals surface area contributed by atoms with Crippen molar-refractivity contribution in [1.29, 1.82) is 0 Å². The Balaban J connectivity index is 2.03. The minimum Gasteiger partial charge on any atom is -0.505 e. The zero-order valence-electron chi connectivity index (χ0n) is 11.3. The fraction of sp³-hybridized carbons (Fsp3) is 0.0769. The van der Waals surface area contributed by atoms with Crippen molar-refractivity contribution in [3.8, 4) is 17.2 Å². The molecule has 0 saturated heterocycles. The molecule has 0 aliphatic rings. The Labute approximate surface area is 130 Å². The second-order valence-corrected chi connectivity index (χ2v) is 6.57. The predicted octanol–water partition coefficient (Wildman–Crippen LogP) is 2.12. The van der Waals surface area contributed by atoms with Crippen molar-refractivity contribution >= 4 is 32.8 Å². The zero-order valence-corrected chi connectivity index (χ0v) is 12.8. The van der Waals surface area contributed by atoms with Gasteiger partial charge < -0.3 is 9.29 Å². The molecule has 9 heteroatoms. The highest BCUT2D eigenvalue weighted by molar-refractivity contribution is 7.86. The predicted molar refractivity (Wildman–Crippen MR) is 81.0 cm³/mol. The summed E-state index contributed by atoms with van der Waals surface area (Å²) < 4.78 is 26.8. The maximum Gasteiger partial charge on any atom is 0.306 e. The first-order chi connectivity index (χ1) is 10.3. The van der Waals surface area contributed by atoms with Gasteiger partial charge in [0.1, 0.15) is 28.2 Å². The van der Waals surface area contributed by atoms with Crippen molar-refractivity contribution in [2.24, 2.45) is 0 Å². The first-order valence-corrected chi connectivity index (χ1v) is 8.27. The van der Waals surface area contributed by atoms with Crippen molar-refractivity contribution in [3.63, 3.8) is 0 Å². The zero-order chi connectivity index (χ0) is 15.9. The van der Waals surface area contributed by atoms with Crippen LogP contribution >= 0.6 is 11.6 Å². The fourth-order valence-corrected chi connectivity index (χ4v) is 2.51. The van der Waals surface area contributed by atoms with E-state index in [-0.39, 0.29) is 17.2 Å². The molecule has 7 nitrogen and oxygen atoms in total. The molecule has 0 aliphatic heterocycles. The average molecular weight is 340 g/mol. The van der Waals surface area contributed by atoms with E-state index in [0.29, 0.717) is 16.1 Å². The van der Waals surface area contributed by atoms with Gasteiger partial charge in [0.15, 0.2) is 0 Å². The number of fused-ring (bicyclic) bond motifs is 1. The summed E-state index contributed by atoms with van der Waals surface area (Å²) >= 11 is 5.89. The summed E-state index contributed by atoms with van der Waals surface area (Å²) in [5, 5.41) is 19.0. The number of halogens is 1. The van der Waals surface area contributed by atoms with Crippen molar-refractivity contribution in [2.45, 2.75) is 0 Å². The van der Waals surface area contributed by atoms with Crippen molar-refractivity contribution in [2.75, 3.05) is 6.26 Å². The molecule has 0 saturated carbocycles. The second kappa shape index (κ2) is 5.15. The lowest BCUT2D eigenvalue weighted by Gasteiger charge is -2.06. The van der Waals surface area contributed by atoms with Crippen molar-refractivity contribution < 1.29 is 17.7 Å². The second-order valence-electron chi connectivity index (χ2n) is 4.56. The van der Waals surface area contributed by atoms with E-state index in [9.17, 15) is 13.5 Å². The molecule has 3 aromatic rings. The lowest BCUT2D eigenvalue weighted by atomic mass is 10.3. The molecule has 0 aliphatic carbocycles. The van der Waals surface area contributed by atoms with E-state index in [0.717, 1.165) is 6.26 Å². The van der Waals surface area contributed by atoms with E-state index < -0.39 is 10.1 Å². The molecule has 2 aromatic carbocycles. The molecular formula is C13H10ClN3O4S. The molecule has 0 radical (unpaired) electrons. The largest absolute Gasteiger partial charge is 0.505 e. The lowest BCUT2D eigenvalue weighted by molar-refractivity contribution is 0.459. The van der Waals surface area contributed by atoms with Gasteiger partial charge in [-0.1, -0.05) is 11.6 Å². The third kappa shape index (κ3) is 2.97. The first-order valence-electron chi connectivity index (χ1n) is 6.07. The number of phenols is 1. The topological polar surface area (TPSA) is 94.3 Å². The third-order valence-electron chi connectivity index (χ3n) is 2.75. The molecule has 22 heavy (non-hydrogen) atoms. The van der Waals surface area contributed by atoms with Crippen LogP contribution in [0.25, 0.3) is 16.7 Å². The molecule has 1 aromatic heterocycles. The van der Waals surface area contributed by atoms with Gasteiger partial charge in [-0.05, 0) is 30.3 Å². The molecule has 0 spiro atoms. The van der Waals surface area contributed by atoms with E-state index in [1.165, 1.54) is 23.0 Å². The molecule has 3 rings (SSSR count). The Morgan fingerprint density at radius 2 is 1.86 bits per heavy atom. The van der Waals surface area contributed by atoms with Gasteiger partial charge in [0, 0.05) is 11.1 Å². The summed E-state index contributed by atoms with van der Waals surface area (Å²) in [6.07, 6.45) is 0.920. The van der Waals surface area contributed by atoms with Gasteiger partial charge in [-0.2, -0.15) is 8.42 Å². The molecule has 1 N–H and O–H groups in total. The number of aromatic nitrogens is 3. The van der Waals surface area contributed by atoms with Crippen molar-refractivity contribution in [1.82, 2.24) is 15.0 Å². The van der Waals surface area contributed by atoms with Crippen LogP contribution in [0.1, 0.15) is 0 Å². The summed E-state index contributed by atoms with van der Waals surface area (Å²) in [7, 11) is -3.66. The average Bonchev–Trinajstić information content (AvgIpc) is 2.79. The van der Waals surface area contributed by atoms with E-state index >= 15 is 0 Å². The van der Waals surface area contributed by atoms with E-state index in [1.54, 1.807) is 18.2 Å². The summed E-state index contributed by atoms with van der Waals surface area (Å²) in [5.74, 6) is -0.212. The maximum atomic E-state index is 11.1. The minimum absolute atomic E-state index is 0.00325. The van der Waals surface area contributed by atoms with E-state index in [2.05, 4.69) is 10.2 Å². The number of rotatable bonds is 3. The highest BCUT2D eigenvalue weighted by atomic mass is 35.5. The normalized spacial score (nSPS) is 11.7. The van der Waals surface area contributed by atoms with Gasteiger partial charge in [0.25, 0.3) is 0 Å². The fourth-order valence-electron chi connectivity index (χ4n) is 1.89. The summed E-state index contributed by atoms with van der Waals surface area (Å²) in [4.78, 5) is 1.24. The van der Waals surface area contributed by atoms with Gasteiger partial charge in [0.05, 0.1) is 6.26 Å². The maximum absolute atomic E-state index is 11.1. The summed E-state index contributed by atoms with van der Waals surface area (Å²) in [5.41, 5.74) is 1.47. The number of aromatic hydroxyl groups is 1. The molecular weight excluding hydrogens is 330 g/mol. The van der Waals surface area contributed by atoms with Gasteiger partial charge in [-0.25, -0.2) is 0 Å². The Morgan fingerprint density at radius 1 is 1.14 bits per heavy atom. The van der Waals surface area contributed by atoms with Gasteiger partial charge in [-0.3, -0.25) is 0 Å². The van der Waals surface area contributed by atoms with Crippen LogP contribution in [0.15, 0.2) is 36.4 Å². The molecule has 0 fully saturated rings. The highest BCUT2D eigenvalue weighted by Gasteiger charge is 2.12. The van der Waals surface area contributed by atoms with Crippen LogP contribution in [0.4, 0.5) is 0 Å². The molecule has 114 valence electrons. The van der Waals surface area contributed by atoms with E-state index in [1.807, 2.05) is 0 Å². The smallest absolute Gasteiger partial charge is 0.306 e. The Hall–Kier alpha value is -2.32. The third-order valence-corrected chi connectivity index (χ3v) is 3.48. The number of benzene rings is 2. The van der Waals surface area contributed by atoms with Gasteiger partial charge in [-0.15, -0.1) is 15.0 Å². The van der Waals surface area contributed by atoms with Crippen molar-refractivity contribution in [3.05, 3.63) is 41.4 Å². The standard InChI is InChI=1S/C13H10ClN3O4S/c1-22(19,20)21-9-3-5-12(13(18)7-9)17-15-10-4-2-8(14)6-11(10)16-17/h2-7,18H,1H3. The number of nitrogens with zero attached hydrogens (tertiary/aromatic N) is 3. The molecule has 0 bridgehead atoms. The van der Waals surface area contributed by atoms with Crippen LogP contribution in [0.5, 0.6) is 11.5 Å². The highest BCUT2D eigenvalue weighted by Crippen LogP contribution is 2.27. The minimum atomic E-state index is -3.66. The Kier molecular flexibility index (Phi) is 3.42. The van der Waals surface area contributed by atoms with E-state index in [4.69, 9.17) is 15.8 Å². The Bertz CT molecular complexity index is 969. The molecule has 1 heterocycles. The van der Waals surface area contributed by atoms with Crippen LogP contribution in [0.2, 0.25) is 5.02 Å². The number of hydrogen-bond acceptors (Lipinski definition) is 6. The van der Waals surface area contributed by atoms with Crippen LogP contribution in [-0.4, -0.2) is 34.8 Å². The summed E-state index contributed by atoms with van der Waals surface area (Å²) in [6.45, 7) is 0. The van der Waals surface area contributed by atoms with Gasteiger partial charge in [0.2, 0.25) is 0 Å². The Morgan fingerprint density at radius 3 is 2.55 bits per heavy atom. The van der Waals surface area contributed by atoms with Crippen LogP contribution in [0, 0.1) is 0 Å². The first kappa shape index (κ1) is 14.6. The van der Waals surface area contributed by atoms with Crippen LogP contribution in [-0.2, 0) is 10.1 Å². The van der Waals surface area contributed by atoms with Crippen LogP contribution in [0.3, 0.4) is 0 Å². The lowest BCUT2D eigenvalue weighted by Crippen LogP contribution is -2.06.